The fraction of sp³-hybridized carbons (Fsp3) is 0.909. The molecule has 0 heterocycles. The van der Waals surface area contributed by atoms with Crippen LogP contribution in [-0.2, 0) is 9.59 Å². The van der Waals surface area contributed by atoms with Crippen molar-refractivity contribution in [3.63, 3.8) is 0 Å². The molecule has 3 aliphatic rings. The second kappa shape index (κ2) is 6.18. The molecule has 25 heavy (non-hydrogen) atoms. The Hall–Kier alpha value is -0.700. The van der Waals surface area contributed by atoms with E-state index in [0.717, 1.165) is 19.3 Å². The van der Waals surface area contributed by atoms with Crippen LogP contribution in [0.4, 0.5) is 0 Å². The minimum absolute atomic E-state index is 0.0624. The lowest BCUT2D eigenvalue weighted by Gasteiger charge is -2.66. The largest absolute Gasteiger partial charge is 0.393 e. The molecule has 3 nitrogen and oxygen atoms in total. The van der Waals surface area contributed by atoms with Gasteiger partial charge >= 0.3 is 0 Å². The van der Waals surface area contributed by atoms with Crippen LogP contribution >= 0.6 is 0 Å². The molecule has 0 saturated heterocycles. The first-order chi connectivity index (χ1) is 11.5. The Morgan fingerprint density at radius 1 is 1.16 bits per heavy atom. The molecule has 0 unspecified atom stereocenters. The summed E-state index contributed by atoms with van der Waals surface area (Å²) >= 11 is 0. The van der Waals surface area contributed by atoms with Gasteiger partial charge in [-0.25, -0.2) is 0 Å². The van der Waals surface area contributed by atoms with E-state index in [1.165, 1.54) is 12.8 Å². The highest BCUT2D eigenvalue weighted by atomic mass is 16.3. The van der Waals surface area contributed by atoms with Crippen LogP contribution in [0.1, 0.15) is 86.0 Å². The third-order valence-electron chi connectivity index (χ3n) is 8.36. The quantitative estimate of drug-likeness (QED) is 0.814. The van der Waals surface area contributed by atoms with Gasteiger partial charge in [-0.15, -0.1) is 0 Å². The van der Waals surface area contributed by atoms with Crippen LogP contribution in [0.15, 0.2) is 0 Å². The summed E-state index contributed by atoms with van der Waals surface area (Å²) in [5, 5.41) is 11.2. The Bertz CT molecular complexity index is 566. The summed E-state index contributed by atoms with van der Waals surface area (Å²) in [6, 6.07) is 0. The van der Waals surface area contributed by atoms with E-state index in [9.17, 15) is 14.7 Å². The van der Waals surface area contributed by atoms with Gasteiger partial charge in [-0.05, 0) is 67.1 Å². The van der Waals surface area contributed by atoms with Crippen molar-refractivity contribution in [2.75, 3.05) is 0 Å². The summed E-state index contributed by atoms with van der Waals surface area (Å²) in [5.74, 6) is 1.21. The molecule has 3 heteroatoms. The third-order valence-corrected chi connectivity index (χ3v) is 8.36. The Morgan fingerprint density at radius 3 is 2.48 bits per heavy atom. The zero-order chi connectivity index (χ0) is 18.6. The lowest BCUT2D eigenvalue weighted by molar-refractivity contribution is -0.209. The third kappa shape index (κ3) is 2.91. The monoisotopic (exact) mass is 348 g/mol. The van der Waals surface area contributed by atoms with Gasteiger partial charge in [0, 0.05) is 18.8 Å². The predicted molar refractivity (Wildman–Crippen MR) is 99.1 cm³/mol. The molecule has 6 atom stereocenters. The number of rotatable bonds is 3. The molecule has 0 radical (unpaired) electrons. The molecule has 3 aliphatic carbocycles. The highest BCUT2D eigenvalue weighted by Gasteiger charge is 2.64. The molecule has 3 rings (SSSR count). The second-order valence-electron chi connectivity index (χ2n) is 10.5. The fourth-order valence-corrected chi connectivity index (χ4v) is 7.66. The van der Waals surface area contributed by atoms with Gasteiger partial charge in [0.05, 0.1) is 6.10 Å². The summed E-state index contributed by atoms with van der Waals surface area (Å²) in [5.41, 5.74) is 0.0935. The molecule has 1 N–H and O–H groups in total. The lowest BCUT2D eigenvalue weighted by atomic mass is 9.38. The van der Waals surface area contributed by atoms with E-state index >= 15 is 0 Å². The molecule has 0 aromatic carbocycles. The molecule has 0 aliphatic heterocycles. The van der Waals surface area contributed by atoms with Crippen molar-refractivity contribution < 1.29 is 14.7 Å². The summed E-state index contributed by atoms with van der Waals surface area (Å²) in [4.78, 5) is 24.3. The molecule has 0 aromatic rings. The number of aliphatic hydroxyl groups is 1. The van der Waals surface area contributed by atoms with Gasteiger partial charge in [0.25, 0.3) is 0 Å². The molecular formula is C22H36O3. The van der Waals surface area contributed by atoms with Crippen molar-refractivity contribution in [3.05, 3.63) is 0 Å². The van der Waals surface area contributed by atoms with E-state index in [1.54, 1.807) is 6.92 Å². The van der Waals surface area contributed by atoms with E-state index < -0.39 is 0 Å². The topological polar surface area (TPSA) is 54.4 Å². The van der Waals surface area contributed by atoms with Gasteiger partial charge in [0.15, 0.2) is 0 Å². The van der Waals surface area contributed by atoms with Crippen molar-refractivity contribution in [3.8, 4) is 0 Å². The molecule has 0 bridgehead atoms. The van der Waals surface area contributed by atoms with Gasteiger partial charge in [0.1, 0.15) is 11.6 Å². The zero-order valence-corrected chi connectivity index (χ0v) is 16.7. The number of carbonyl (C=O) groups excluding carboxylic acids is 2. The predicted octanol–water partition coefficient (Wildman–Crippen LogP) is 4.55. The summed E-state index contributed by atoms with van der Waals surface area (Å²) in [6.07, 6.45) is 6.70. The number of fused-ring (bicyclic) bond motifs is 3. The smallest absolute Gasteiger partial charge is 0.136 e. The van der Waals surface area contributed by atoms with E-state index in [4.69, 9.17) is 0 Å². The molecule has 0 spiro atoms. The first-order valence-corrected chi connectivity index (χ1v) is 10.2. The molecule has 3 saturated carbocycles. The van der Waals surface area contributed by atoms with Gasteiger partial charge in [-0.2, -0.15) is 0 Å². The van der Waals surface area contributed by atoms with Crippen molar-refractivity contribution >= 4 is 11.6 Å². The maximum absolute atomic E-state index is 12.8. The Labute approximate surface area is 153 Å². The van der Waals surface area contributed by atoms with E-state index in [0.29, 0.717) is 36.9 Å². The maximum atomic E-state index is 12.8. The minimum atomic E-state index is -0.340. The number of Topliss-reactive ketones (excluding diaryl/α,β-unsaturated/α-hetero) is 2. The molecular weight excluding hydrogens is 312 g/mol. The molecule has 142 valence electrons. The number of ketones is 2. The normalized spacial score (nSPS) is 46.2. The maximum Gasteiger partial charge on any atom is 0.136 e. The van der Waals surface area contributed by atoms with Crippen LogP contribution in [0.25, 0.3) is 0 Å². The standard InChI is InChI=1S/C22H36O3/c1-14(23)7-8-15-16(24)9-10-18-21(4)12-6-11-20(2,3)19(21)17(25)13-22(15,18)5/h15,17-19,25H,6-13H2,1-5H3/t15-,17+,18-,19+,21-,22+/m1/s1. The van der Waals surface area contributed by atoms with E-state index in [2.05, 4.69) is 27.7 Å². The summed E-state index contributed by atoms with van der Waals surface area (Å²) < 4.78 is 0. The van der Waals surface area contributed by atoms with Crippen LogP contribution < -0.4 is 0 Å². The number of hydrogen-bond acceptors (Lipinski definition) is 3. The highest BCUT2D eigenvalue weighted by molar-refractivity contribution is 5.84. The van der Waals surface area contributed by atoms with Crippen LogP contribution in [0.5, 0.6) is 0 Å². The first-order valence-electron chi connectivity index (χ1n) is 10.2. The summed E-state index contributed by atoms with van der Waals surface area (Å²) in [6.45, 7) is 10.9. The van der Waals surface area contributed by atoms with E-state index in [-0.39, 0.29) is 34.1 Å². The minimum Gasteiger partial charge on any atom is -0.393 e. The Balaban J connectivity index is 1.99. The SMILES string of the molecule is CC(=O)CC[C@@H]1C(=O)CC[C@H]2[C@@]1(C)C[C@H](O)[C@H]1C(C)(C)CCC[C@]21C. The number of hydrogen-bond donors (Lipinski definition) is 1. The van der Waals surface area contributed by atoms with Crippen LogP contribution in [0, 0.1) is 34.0 Å². The Morgan fingerprint density at radius 2 is 1.84 bits per heavy atom. The summed E-state index contributed by atoms with van der Waals surface area (Å²) in [7, 11) is 0. The zero-order valence-electron chi connectivity index (χ0n) is 16.7. The lowest BCUT2D eigenvalue weighted by Crippen LogP contribution is -2.63. The van der Waals surface area contributed by atoms with Crippen molar-refractivity contribution in [1.29, 1.82) is 0 Å². The van der Waals surface area contributed by atoms with Crippen molar-refractivity contribution in [1.82, 2.24) is 0 Å². The van der Waals surface area contributed by atoms with Crippen LogP contribution in [-0.4, -0.2) is 22.8 Å². The van der Waals surface area contributed by atoms with Gasteiger partial charge in [-0.3, -0.25) is 4.79 Å². The molecule has 3 fully saturated rings. The Kier molecular flexibility index (Phi) is 4.71. The van der Waals surface area contributed by atoms with Gasteiger partial charge in [-0.1, -0.05) is 34.1 Å². The van der Waals surface area contributed by atoms with E-state index in [1.807, 2.05) is 0 Å². The second-order valence-corrected chi connectivity index (χ2v) is 10.5. The molecule has 0 aromatic heterocycles. The average molecular weight is 349 g/mol. The van der Waals surface area contributed by atoms with Crippen LogP contribution in [0.2, 0.25) is 0 Å². The van der Waals surface area contributed by atoms with Gasteiger partial charge < -0.3 is 9.90 Å². The average Bonchev–Trinajstić information content (AvgIpc) is 2.43. The van der Waals surface area contributed by atoms with Crippen molar-refractivity contribution in [2.45, 2.75) is 92.1 Å². The number of aliphatic hydroxyl groups excluding tert-OH is 1. The first kappa shape index (κ1) is 19.1. The highest BCUT2D eigenvalue weighted by Crippen LogP contribution is 2.68. The van der Waals surface area contributed by atoms with Crippen molar-refractivity contribution in [2.24, 2.45) is 34.0 Å². The molecule has 0 amide bonds. The van der Waals surface area contributed by atoms with Crippen LogP contribution in [0.3, 0.4) is 0 Å². The number of carbonyl (C=O) groups is 2. The fourth-order valence-electron chi connectivity index (χ4n) is 7.66. The van der Waals surface area contributed by atoms with Gasteiger partial charge in [0.2, 0.25) is 0 Å².